The number of nitrogens with zero attached hydrogens (tertiary/aromatic N) is 1. The number of hydrogen-bond donors (Lipinski definition) is 1. The summed E-state index contributed by atoms with van der Waals surface area (Å²) in [6.45, 7) is 5.94. The summed E-state index contributed by atoms with van der Waals surface area (Å²) >= 11 is 0. The predicted octanol–water partition coefficient (Wildman–Crippen LogP) is 3.31. The van der Waals surface area contributed by atoms with Crippen LogP contribution in [-0.4, -0.2) is 35.0 Å². The van der Waals surface area contributed by atoms with Crippen LogP contribution in [-0.2, 0) is 9.59 Å². The number of hydrogen-bond acceptors (Lipinski definition) is 2. The lowest BCUT2D eigenvalue weighted by molar-refractivity contribution is -0.181. The van der Waals surface area contributed by atoms with Gasteiger partial charge >= 0.3 is 5.97 Å². The van der Waals surface area contributed by atoms with Crippen LogP contribution in [0.4, 0.5) is 0 Å². The van der Waals surface area contributed by atoms with Crippen LogP contribution in [0.15, 0.2) is 0 Å². The van der Waals surface area contributed by atoms with E-state index in [1.807, 2.05) is 4.90 Å². The molecule has 0 aromatic rings. The molecular formula is C19H29NO3. The van der Waals surface area contributed by atoms with Gasteiger partial charge in [-0.3, -0.25) is 9.59 Å². The van der Waals surface area contributed by atoms with E-state index in [0.29, 0.717) is 29.7 Å². The maximum Gasteiger partial charge on any atom is 0.308 e. The fraction of sp³-hybridized carbons (Fsp3) is 0.895. The van der Waals surface area contributed by atoms with Crippen molar-refractivity contribution in [2.75, 3.05) is 13.1 Å². The summed E-state index contributed by atoms with van der Waals surface area (Å²) < 4.78 is 0. The lowest BCUT2D eigenvalue weighted by Gasteiger charge is -2.65. The summed E-state index contributed by atoms with van der Waals surface area (Å²) in [4.78, 5) is 26.7. The number of carboxylic acid groups (broad SMARTS) is 1. The summed E-state index contributed by atoms with van der Waals surface area (Å²) in [6, 6.07) is 0. The fourth-order valence-corrected chi connectivity index (χ4v) is 7.38. The molecule has 0 spiro atoms. The number of carbonyl (C=O) groups excluding carboxylic acids is 1. The van der Waals surface area contributed by atoms with E-state index in [4.69, 9.17) is 0 Å². The number of carboxylic acids is 1. The first-order chi connectivity index (χ1) is 10.7. The second-order valence-corrected chi connectivity index (χ2v) is 9.84. The van der Waals surface area contributed by atoms with Crippen molar-refractivity contribution in [1.29, 1.82) is 0 Å². The first-order valence-electron chi connectivity index (χ1n) is 9.25. The smallest absolute Gasteiger partial charge is 0.308 e. The molecule has 3 atom stereocenters. The minimum absolute atomic E-state index is 0.191. The molecule has 4 saturated carbocycles. The number of rotatable bonds is 2. The average molecular weight is 319 g/mol. The molecule has 23 heavy (non-hydrogen) atoms. The largest absolute Gasteiger partial charge is 0.481 e. The Morgan fingerprint density at radius 2 is 1.70 bits per heavy atom. The van der Waals surface area contributed by atoms with Crippen LogP contribution >= 0.6 is 0 Å². The van der Waals surface area contributed by atoms with Gasteiger partial charge in [-0.15, -0.1) is 0 Å². The van der Waals surface area contributed by atoms with E-state index in [-0.39, 0.29) is 17.2 Å². The van der Waals surface area contributed by atoms with Crippen LogP contribution in [0.1, 0.15) is 65.2 Å². The van der Waals surface area contributed by atoms with E-state index in [0.717, 1.165) is 32.2 Å². The maximum atomic E-state index is 13.4. The minimum Gasteiger partial charge on any atom is -0.481 e. The summed E-state index contributed by atoms with van der Waals surface area (Å²) in [5, 5.41) is 9.32. The van der Waals surface area contributed by atoms with E-state index in [2.05, 4.69) is 13.8 Å². The Labute approximate surface area is 138 Å². The molecule has 5 rings (SSSR count). The van der Waals surface area contributed by atoms with Crippen LogP contribution in [0, 0.1) is 28.1 Å². The standard InChI is InChI=1S/C19H29NO3/c1-17-6-13-7-18(2,10-17)12-19(8-13,11-17)16(23)20-5-3-4-14(9-20)15(21)22/h13-14H,3-12H2,1-2H3,(H,21,22)/t13?,14-,17?,18?,19?/m0/s1. The van der Waals surface area contributed by atoms with E-state index in [1.54, 1.807) is 0 Å². The Morgan fingerprint density at radius 3 is 2.26 bits per heavy atom. The SMILES string of the molecule is CC12CC3CC(C)(C1)CC(C(=O)N1CCC[C@H](C(=O)O)C1)(C3)C2. The molecule has 2 unspecified atom stereocenters. The van der Waals surface area contributed by atoms with Crippen LogP contribution in [0.2, 0.25) is 0 Å². The van der Waals surface area contributed by atoms with Gasteiger partial charge in [0.25, 0.3) is 0 Å². The lowest BCUT2D eigenvalue weighted by atomic mass is 9.40. The van der Waals surface area contributed by atoms with Crippen LogP contribution in [0.3, 0.4) is 0 Å². The molecule has 1 aliphatic heterocycles. The average Bonchev–Trinajstić information content (AvgIpc) is 2.42. The topological polar surface area (TPSA) is 57.6 Å². The molecule has 4 bridgehead atoms. The lowest BCUT2D eigenvalue weighted by Crippen LogP contribution is -2.61. The molecule has 5 fully saturated rings. The molecule has 1 heterocycles. The minimum atomic E-state index is -0.744. The number of amides is 1. The fourth-order valence-electron chi connectivity index (χ4n) is 7.38. The molecular weight excluding hydrogens is 290 g/mol. The molecule has 0 aromatic carbocycles. The zero-order chi connectivity index (χ0) is 16.5. The third-order valence-electron chi connectivity index (χ3n) is 7.14. The van der Waals surface area contributed by atoms with Gasteiger partial charge in [-0.2, -0.15) is 0 Å². The molecule has 4 aliphatic carbocycles. The Bertz CT molecular complexity index is 539. The van der Waals surface area contributed by atoms with Crippen molar-refractivity contribution in [3.05, 3.63) is 0 Å². The van der Waals surface area contributed by atoms with E-state index >= 15 is 0 Å². The highest BCUT2D eigenvalue weighted by Crippen LogP contribution is 2.69. The van der Waals surface area contributed by atoms with Gasteiger partial charge in [0.2, 0.25) is 5.91 Å². The number of likely N-dealkylation sites (tertiary alicyclic amines) is 1. The third kappa shape index (κ3) is 2.40. The van der Waals surface area contributed by atoms with Crippen molar-refractivity contribution in [1.82, 2.24) is 4.90 Å². The van der Waals surface area contributed by atoms with Gasteiger partial charge in [-0.1, -0.05) is 13.8 Å². The molecule has 5 aliphatic rings. The molecule has 0 aromatic heterocycles. The Balaban J connectivity index is 1.59. The van der Waals surface area contributed by atoms with Crippen LogP contribution < -0.4 is 0 Å². The summed E-state index contributed by atoms with van der Waals surface area (Å²) in [6.07, 6.45) is 8.48. The van der Waals surface area contributed by atoms with Crippen LogP contribution in [0.5, 0.6) is 0 Å². The molecule has 1 N–H and O–H groups in total. The van der Waals surface area contributed by atoms with Crippen molar-refractivity contribution < 1.29 is 14.7 Å². The van der Waals surface area contributed by atoms with E-state index in [9.17, 15) is 14.7 Å². The zero-order valence-electron chi connectivity index (χ0n) is 14.4. The van der Waals surface area contributed by atoms with E-state index in [1.165, 1.54) is 19.3 Å². The third-order valence-corrected chi connectivity index (χ3v) is 7.14. The number of aliphatic carboxylic acids is 1. The van der Waals surface area contributed by atoms with Gasteiger partial charge in [0, 0.05) is 13.1 Å². The zero-order valence-corrected chi connectivity index (χ0v) is 14.4. The van der Waals surface area contributed by atoms with Gasteiger partial charge in [-0.05, 0) is 68.1 Å². The Morgan fingerprint density at radius 1 is 1.04 bits per heavy atom. The normalized spacial score (nSPS) is 48.5. The summed E-state index contributed by atoms with van der Waals surface area (Å²) in [5.74, 6) is -0.130. The van der Waals surface area contributed by atoms with E-state index < -0.39 is 5.97 Å². The Hall–Kier alpha value is -1.06. The Kier molecular flexibility index (Phi) is 3.18. The van der Waals surface area contributed by atoms with Gasteiger partial charge in [-0.25, -0.2) is 0 Å². The molecule has 1 saturated heterocycles. The summed E-state index contributed by atoms with van der Waals surface area (Å²) in [7, 11) is 0. The van der Waals surface area contributed by atoms with Crippen molar-refractivity contribution in [3.8, 4) is 0 Å². The van der Waals surface area contributed by atoms with Crippen molar-refractivity contribution in [2.45, 2.75) is 65.2 Å². The predicted molar refractivity (Wildman–Crippen MR) is 86.8 cm³/mol. The second-order valence-electron chi connectivity index (χ2n) is 9.84. The number of carbonyl (C=O) groups is 2. The number of piperidine rings is 1. The highest BCUT2D eigenvalue weighted by atomic mass is 16.4. The molecule has 4 heteroatoms. The monoisotopic (exact) mass is 319 g/mol. The van der Waals surface area contributed by atoms with Gasteiger partial charge < -0.3 is 10.0 Å². The van der Waals surface area contributed by atoms with Crippen molar-refractivity contribution in [3.63, 3.8) is 0 Å². The molecule has 0 radical (unpaired) electrons. The maximum absolute atomic E-state index is 13.4. The first-order valence-corrected chi connectivity index (χ1v) is 9.25. The highest BCUT2D eigenvalue weighted by molar-refractivity contribution is 5.84. The van der Waals surface area contributed by atoms with Crippen molar-refractivity contribution in [2.24, 2.45) is 28.1 Å². The summed E-state index contributed by atoms with van der Waals surface area (Å²) in [5.41, 5.74) is 0.459. The quantitative estimate of drug-likeness (QED) is 0.849. The van der Waals surface area contributed by atoms with Gasteiger partial charge in [0.1, 0.15) is 0 Å². The van der Waals surface area contributed by atoms with Crippen LogP contribution in [0.25, 0.3) is 0 Å². The molecule has 4 nitrogen and oxygen atoms in total. The molecule has 128 valence electrons. The first kappa shape index (κ1) is 15.5. The van der Waals surface area contributed by atoms with Crippen molar-refractivity contribution >= 4 is 11.9 Å². The second kappa shape index (κ2) is 4.73. The van der Waals surface area contributed by atoms with Gasteiger partial charge in [0.05, 0.1) is 11.3 Å². The molecule has 1 amide bonds. The van der Waals surface area contributed by atoms with Gasteiger partial charge in [0.15, 0.2) is 0 Å². The highest BCUT2D eigenvalue weighted by Gasteiger charge is 2.63.